The number of rotatable bonds is 1. The van der Waals surface area contributed by atoms with Crippen molar-refractivity contribution in [1.29, 1.82) is 0 Å². The highest BCUT2D eigenvalue weighted by Crippen LogP contribution is 2.30. The molecule has 0 spiro atoms. The molecule has 0 fully saturated rings. The van der Waals surface area contributed by atoms with E-state index in [0.717, 1.165) is 12.8 Å². The minimum Gasteiger partial charge on any atom is -0.327 e. The maximum absolute atomic E-state index is 4.14. The van der Waals surface area contributed by atoms with Gasteiger partial charge < -0.3 is 4.57 Å². The van der Waals surface area contributed by atoms with Crippen LogP contribution in [0.15, 0.2) is 31.2 Å². The highest BCUT2D eigenvalue weighted by atomic mass is 15.1. The minimum atomic E-state index is 0.383. The summed E-state index contributed by atoms with van der Waals surface area (Å²) < 4.78 is 2.21. The van der Waals surface area contributed by atoms with Crippen LogP contribution in [0.2, 0.25) is 0 Å². The van der Waals surface area contributed by atoms with Gasteiger partial charge in [-0.25, -0.2) is 15.0 Å². The van der Waals surface area contributed by atoms with E-state index in [2.05, 4.69) is 19.5 Å². The van der Waals surface area contributed by atoms with Crippen LogP contribution in [0.1, 0.15) is 23.7 Å². The first-order valence-electron chi connectivity index (χ1n) is 4.71. The maximum Gasteiger partial charge on any atom is 0.115 e. The second-order valence-electron chi connectivity index (χ2n) is 3.52. The molecular weight excluding hydrogens is 176 g/mol. The minimum absolute atomic E-state index is 0.383. The van der Waals surface area contributed by atoms with Gasteiger partial charge in [-0.1, -0.05) is 0 Å². The van der Waals surface area contributed by atoms with Crippen LogP contribution in [0.4, 0.5) is 0 Å². The van der Waals surface area contributed by atoms with Gasteiger partial charge in [0, 0.05) is 29.8 Å². The van der Waals surface area contributed by atoms with Gasteiger partial charge in [0.15, 0.2) is 0 Å². The Morgan fingerprint density at radius 1 is 1.14 bits per heavy atom. The molecule has 0 aromatic carbocycles. The zero-order chi connectivity index (χ0) is 9.38. The van der Waals surface area contributed by atoms with Gasteiger partial charge in [0.2, 0.25) is 0 Å². The molecule has 1 atom stereocenters. The van der Waals surface area contributed by atoms with E-state index in [1.165, 1.54) is 11.3 Å². The van der Waals surface area contributed by atoms with Crippen LogP contribution in [0, 0.1) is 0 Å². The summed E-state index contributed by atoms with van der Waals surface area (Å²) in [6, 6.07) is 0.383. The fourth-order valence-electron chi connectivity index (χ4n) is 2.04. The number of hydrogen-bond donors (Lipinski definition) is 0. The van der Waals surface area contributed by atoms with Crippen LogP contribution < -0.4 is 0 Å². The van der Waals surface area contributed by atoms with Crippen molar-refractivity contribution in [2.75, 3.05) is 0 Å². The number of fused-ring (bicyclic) bond motifs is 1. The highest BCUT2D eigenvalue weighted by Gasteiger charge is 2.23. The van der Waals surface area contributed by atoms with Gasteiger partial charge in [-0.3, -0.25) is 0 Å². The molecule has 4 nitrogen and oxygen atoms in total. The Hall–Kier alpha value is -1.71. The Kier molecular flexibility index (Phi) is 1.59. The van der Waals surface area contributed by atoms with Crippen LogP contribution >= 0.6 is 0 Å². The van der Waals surface area contributed by atoms with Crippen molar-refractivity contribution in [3.8, 4) is 0 Å². The van der Waals surface area contributed by atoms with E-state index in [1.807, 2.05) is 24.9 Å². The lowest BCUT2D eigenvalue weighted by Gasteiger charge is -2.11. The summed E-state index contributed by atoms with van der Waals surface area (Å²) in [6.45, 7) is 0. The third-order valence-corrected chi connectivity index (χ3v) is 2.72. The van der Waals surface area contributed by atoms with Gasteiger partial charge in [0.05, 0.1) is 12.4 Å². The van der Waals surface area contributed by atoms with Crippen LogP contribution in [-0.2, 0) is 6.42 Å². The van der Waals surface area contributed by atoms with Crippen LogP contribution in [0.25, 0.3) is 0 Å². The lowest BCUT2D eigenvalue weighted by atomic mass is 10.1. The Bertz CT molecular complexity index is 434. The topological polar surface area (TPSA) is 43.6 Å². The predicted molar refractivity (Wildman–Crippen MR) is 50.7 cm³/mol. The van der Waals surface area contributed by atoms with E-state index in [0.29, 0.717) is 6.04 Å². The van der Waals surface area contributed by atoms with Crippen LogP contribution in [0.5, 0.6) is 0 Å². The van der Waals surface area contributed by atoms with Gasteiger partial charge in [-0.05, 0) is 12.8 Å². The van der Waals surface area contributed by atoms with Gasteiger partial charge in [-0.15, -0.1) is 0 Å². The lowest BCUT2D eigenvalue weighted by Crippen LogP contribution is -2.04. The molecule has 0 amide bonds. The summed E-state index contributed by atoms with van der Waals surface area (Å²) in [6.07, 6.45) is 11.4. The third kappa shape index (κ3) is 1.04. The van der Waals surface area contributed by atoms with E-state index >= 15 is 0 Å². The van der Waals surface area contributed by atoms with Gasteiger partial charge >= 0.3 is 0 Å². The SMILES string of the molecule is c1ncc(C2CCc3cncn32)cn1. The molecule has 14 heavy (non-hydrogen) atoms. The molecule has 0 bridgehead atoms. The number of imidazole rings is 1. The molecule has 1 unspecified atom stereocenters. The maximum atomic E-state index is 4.14. The van der Waals surface area contributed by atoms with Crippen molar-refractivity contribution in [3.05, 3.63) is 42.5 Å². The molecule has 2 aromatic rings. The van der Waals surface area contributed by atoms with E-state index in [4.69, 9.17) is 0 Å². The quantitative estimate of drug-likeness (QED) is 0.672. The predicted octanol–water partition coefficient (Wildman–Crippen LogP) is 1.21. The van der Waals surface area contributed by atoms with E-state index in [-0.39, 0.29) is 0 Å². The Balaban J connectivity index is 2.03. The largest absolute Gasteiger partial charge is 0.327 e. The normalized spacial score (nSPS) is 19.6. The van der Waals surface area contributed by atoms with E-state index < -0.39 is 0 Å². The smallest absolute Gasteiger partial charge is 0.115 e. The first kappa shape index (κ1) is 7.67. The number of aryl methyl sites for hydroxylation is 1. The van der Waals surface area contributed by atoms with E-state index in [9.17, 15) is 0 Å². The van der Waals surface area contributed by atoms with E-state index in [1.54, 1.807) is 6.33 Å². The Labute approximate surface area is 81.7 Å². The van der Waals surface area contributed by atoms with Gasteiger partial charge in [0.25, 0.3) is 0 Å². The zero-order valence-corrected chi connectivity index (χ0v) is 7.67. The Morgan fingerprint density at radius 2 is 2.00 bits per heavy atom. The van der Waals surface area contributed by atoms with Crippen LogP contribution in [-0.4, -0.2) is 19.5 Å². The summed E-state index contributed by atoms with van der Waals surface area (Å²) in [5, 5.41) is 0. The van der Waals surface area contributed by atoms with Crippen molar-refractivity contribution in [2.45, 2.75) is 18.9 Å². The van der Waals surface area contributed by atoms with Gasteiger partial charge in [-0.2, -0.15) is 0 Å². The van der Waals surface area contributed by atoms with Gasteiger partial charge in [0.1, 0.15) is 6.33 Å². The summed E-state index contributed by atoms with van der Waals surface area (Å²) >= 11 is 0. The van der Waals surface area contributed by atoms with Crippen molar-refractivity contribution >= 4 is 0 Å². The summed E-state index contributed by atoms with van der Waals surface area (Å²) in [5.74, 6) is 0. The molecule has 0 saturated carbocycles. The summed E-state index contributed by atoms with van der Waals surface area (Å²) in [5.41, 5.74) is 2.48. The molecule has 4 heteroatoms. The third-order valence-electron chi connectivity index (χ3n) is 2.72. The monoisotopic (exact) mass is 186 g/mol. The standard InChI is InChI=1S/C10H10N4/c1-2-10(8-3-11-6-12-4-8)14-7-13-5-9(1)14/h3-7,10H,1-2H2. The Morgan fingerprint density at radius 3 is 2.86 bits per heavy atom. The molecular formula is C10H10N4. The second-order valence-corrected chi connectivity index (χ2v) is 3.52. The average molecular weight is 186 g/mol. The molecule has 0 saturated heterocycles. The van der Waals surface area contributed by atoms with Crippen molar-refractivity contribution in [2.24, 2.45) is 0 Å². The molecule has 2 aromatic heterocycles. The molecule has 0 aliphatic carbocycles. The number of nitrogens with zero attached hydrogens (tertiary/aromatic N) is 4. The first-order chi connectivity index (χ1) is 6.95. The summed E-state index contributed by atoms with van der Waals surface area (Å²) in [7, 11) is 0. The van der Waals surface area contributed by atoms with Crippen molar-refractivity contribution in [1.82, 2.24) is 19.5 Å². The zero-order valence-electron chi connectivity index (χ0n) is 7.67. The molecule has 3 rings (SSSR count). The van der Waals surface area contributed by atoms with Crippen LogP contribution in [0.3, 0.4) is 0 Å². The molecule has 1 aliphatic heterocycles. The molecule has 70 valence electrons. The fraction of sp³-hybridized carbons (Fsp3) is 0.300. The second kappa shape index (κ2) is 2.90. The highest BCUT2D eigenvalue weighted by molar-refractivity contribution is 5.18. The average Bonchev–Trinajstić information content (AvgIpc) is 2.79. The van der Waals surface area contributed by atoms with Crippen molar-refractivity contribution in [3.63, 3.8) is 0 Å². The molecule has 1 aliphatic rings. The molecule has 0 N–H and O–H groups in total. The fourth-order valence-corrected chi connectivity index (χ4v) is 2.04. The molecule has 3 heterocycles. The number of aromatic nitrogens is 4. The number of hydrogen-bond acceptors (Lipinski definition) is 3. The lowest BCUT2D eigenvalue weighted by molar-refractivity contribution is 0.610. The van der Waals surface area contributed by atoms with Crippen molar-refractivity contribution < 1.29 is 0 Å². The molecule has 0 radical (unpaired) electrons. The summed E-state index contributed by atoms with van der Waals surface area (Å²) in [4.78, 5) is 12.2. The first-order valence-corrected chi connectivity index (χ1v) is 4.71.